The molecule has 0 aromatic carbocycles. The second-order valence-corrected chi connectivity index (χ2v) is 8.40. The summed E-state index contributed by atoms with van der Waals surface area (Å²) in [6.45, 7) is 7.95. The number of ketones is 1. The topological polar surface area (TPSA) is 17.1 Å². The molecule has 0 radical (unpaired) electrons. The van der Waals surface area contributed by atoms with Gasteiger partial charge in [-0.3, -0.25) is 4.79 Å². The van der Waals surface area contributed by atoms with Gasteiger partial charge in [-0.2, -0.15) is 0 Å². The highest BCUT2D eigenvalue weighted by Crippen LogP contribution is 2.13. The molecule has 0 spiro atoms. The lowest BCUT2D eigenvalue weighted by atomic mass is 10.0. The van der Waals surface area contributed by atoms with E-state index < -0.39 is 0 Å². The van der Waals surface area contributed by atoms with E-state index in [0.717, 1.165) is 11.0 Å². The number of hydrogen-bond donors (Lipinski definition) is 0. The van der Waals surface area contributed by atoms with Crippen molar-refractivity contribution in [3.05, 3.63) is 12.7 Å². The molecule has 0 saturated carbocycles. The summed E-state index contributed by atoms with van der Waals surface area (Å²) in [6, 6.07) is 0. The highest BCUT2D eigenvalue weighted by molar-refractivity contribution is 5.89. The van der Waals surface area contributed by atoms with E-state index in [-0.39, 0.29) is 5.78 Å². The number of carbonyl (C=O) groups is 1. The molecular formula is C23H46NO+. The molecule has 0 aliphatic carbocycles. The Kier molecular flexibility index (Phi) is 16.4. The van der Waals surface area contributed by atoms with Crippen molar-refractivity contribution in [2.45, 2.75) is 103 Å². The Labute approximate surface area is 158 Å². The molecule has 0 fully saturated rings. The predicted molar refractivity (Wildman–Crippen MR) is 112 cm³/mol. The van der Waals surface area contributed by atoms with Gasteiger partial charge in [-0.1, -0.05) is 90.6 Å². The van der Waals surface area contributed by atoms with Crippen LogP contribution in [0.5, 0.6) is 0 Å². The van der Waals surface area contributed by atoms with Crippen LogP contribution in [0.3, 0.4) is 0 Å². The fraction of sp³-hybridized carbons (Fsp3) is 0.870. The highest BCUT2D eigenvalue weighted by atomic mass is 16.1. The Morgan fingerprint density at radius 3 is 1.52 bits per heavy atom. The maximum absolute atomic E-state index is 11.3. The van der Waals surface area contributed by atoms with Crippen molar-refractivity contribution in [1.82, 2.24) is 0 Å². The zero-order valence-corrected chi connectivity index (χ0v) is 17.7. The van der Waals surface area contributed by atoms with Gasteiger partial charge < -0.3 is 4.48 Å². The summed E-state index contributed by atoms with van der Waals surface area (Å²) in [7, 11) is 4.47. The van der Waals surface area contributed by atoms with E-state index >= 15 is 0 Å². The minimum absolute atomic E-state index is 0.173. The zero-order chi connectivity index (χ0) is 18.8. The summed E-state index contributed by atoms with van der Waals surface area (Å²) in [4.78, 5) is 11.3. The Morgan fingerprint density at radius 1 is 0.720 bits per heavy atom. The first-order valence-corrected chi connectivity index (χ1v) is 11.0. The SMILES string of the molecule is C=CC(=O)CC[N+](C)(C)CCCCCCCCCCCCCCCC. The second kappa shape index (κ2) is 16.8. The molecule has 0 saturated heterocycles. The summed E-state index contributed by atoms with van der Waals surface area (Å²) in [5, 5.41) is 0. The quantitative estimate of drug-likeness (QED) is 0.144. The number of quaternary nitrogens is 1. The normalized spacial score (nSPS) is 11.6. The van der Waals surface area contributed by atoms with E-state index in [0.29, 0.717) is 6.42 Å². The van der Waals surface area contributed by atoms with Crippen LogP contribution in [-0.2, 0) is 4.79 Å². The molecule has 0 aliphatic rings. The smallest absolute Gasteiger partial charge is 0.160 e. The first kappa shape index (κ1) is 24.4. The number of hydrogen-bond acceptors (Lipinski definition) is 1. The molecule has 0 atom stereocenters. The summed E-state index contributed by atoms with van der Waals surface area (Å²) in [5.74, 6) is 0.173. The molecule has 2 heteroatoms. The van der Waals surface area contributed by atoms with Gasteiger partial charge in [-0.25, -0.2) is 0 Å². The van der Waals surface area contributed by atoms with Crippen molar-refractivity contribution in [1.29, 1.82) is 0 Å². The zero-order valence-electron chi connectivity index (χ0n) is 17.7. The fourth-order valence-corrected chi connectivity index (χ4v) is 3.36. The second-order valence-electron chi connectivity index (χ2n) is 8.40. The van der Waals surface area contributed by atoms with Gasteiger partial charge >= 0.3 is 0 Å². The number of rotatable bonds is 19. The minimum Gasteiger partial charge on any atom is -0.328 e. The third-order valence-electron chi connectivity index (χ3n) is 5.31. The molecule has 0 aromatic rings. The third kappa shape index (κ3) is 18.0. The van der Waals surface area contributed by atoms with Crippen molar-refractivity contribution < 1.29 is 9.28 Å². The van der Waals surface area contributed by atoms with Gasteiger partial charge in [-0.15, -0.1) is 0 Å². The van der Waals surface area contributed by atoms with Crippen LogP contribution in [0.15, 0.2) is 12.7 Å². The summed E-state index contributed by atoms with van der Waals surface area (Å²) < 4.78 is 0.956. The minimum atomic E-state index is 0.173. The van der Waals surface area contributed by atoms with E-state index in [9.17, 15) is 4.79 Å². The Bertz CT molecular complexity index is 322. The van der Waals surface area contributed by atoms with Gasteiger partial charge in [0, 0.05) is 0 Å². The van der Waals surface area contributed by atoms with E-state index in [2.05, 4.69) is 27.6 Å². The number of carbonyl (C=O) groups excluding carboxylic acids is 1. The van der Waals surface area contributed by atoms with Crippen LogP contribution in [0.25, 0.3) is 0 Å². The average molecular weight is 353 g/mol. The predicted octanol–water partition coefficient (Wildman–Crippen LogP) is 6.69. The lowest BCUT2D eigenvalue weighted by molar-refractivity contribution is -0.889. The Hall–Kier alpha value is -0.630. The van der Waals surface area contributed by atoms with Gasteiger partial charge in [0.15, 0.2) is 5.78 Å². The van der Waals surface area contributed by atoms with Crippen LogP contribution >= 0.6 is 0 Å². The van der Waals surface area contributed by atoms with Crippen molar-refractivity contribution in [2.75, 3.05) is 27.2 Å². The number of unbranched alkanes of at least 4 members (excludes halogenated alkanes) is 13. The van der Waals surface area contributed by atoms with Crippen LogP contribution in [0.2, 0.25) is 0 Å². The maximum Gasteiger partial charge on any atom is 0.160 e. The van der Waals surface area contributed by atoms with Gasteiger partial charge in [-0.05, 0) is 18.9 Å². The monoisotopic (exact) mass is 352 g/mol. The molecule has 2 nitrogen and oxygen atoms in total. The van der Waals surface area contributed by atoms with Crippen LogP contribution in [-0.4, -0.2) is 37.5 Å². The molecule has 0 rings (SSSR count). The van der Waals surface area contributed by atoms with Gasteiger partial charge in [0.1, 0.15) is 0 Å². The first-order valence-electron chi connectivity index (χ1n) is 11.0. The Balaban J connectivity index is 3.30. The van der Waals surface area contributed by atoms with Crippen molar-refractivity contribution in [2.24, 2.45) is 0 Å². The van der Waals surface area contributed by atoms with Gasteiger partial charge in [0.25, 0.3) is 0 Å². The molecule has 25 heavy (non-hydrogen) atoms. The van der Waals surface area contributed by atoms with Gasteiger partial charge in [0.05, 0.1) is 33.6 Å². The van der Waals surface area contributed by atoms with E-state index in [1.807, 2.05) is 0 Å². The molecule has 0 N–H and O–H groups in total. The van der Waals surface area contributed by atoms with Crippen LogP contribution in [0, 0.1) is 0 Å². The van der Waals surface area contributed by atoms with Crippen molar-refractivity contribution in [3.8, 4) is 0 Å². The molecule has 0 bridgehead atoms. The Morgan fingerprint density at radius 2 is 1.12 bits per heavy atom. The summed E-state index contributed by atoms with van der Waals surface area (Å²) in [5.41, 5.74) is 0. The summed E-state index contributed by atoms with van der Waals surface area (Å²) >= 11 is 0. The maximum atomic E-state index is 11.3. The molecule has 148 valence electrons. The molecule has 0 aromatic heterocycles. The highest BCUT2D eigenvalue weighted by Gasteiger charge is 2.15. The molecule has 0 heterocycles. The van der Waals surface area contributed by atoms with Crippen LogP contribution < -0.4 is 0 Å². The molecule has 0 unspecified atom stereocenters. The van der Waals surface area contributed by atoms with Crippen molar-refractivity contribution in [3.63, 3.8) is 0 Å². The van der Waals surface area contributed by atoms with E-state index in [1.54, 1.807) is 0 Å². The lowest BCUT2D eigenvalue weighted by Gasteiger charge is -2.29. The molecule has 0 amide bonds. The fourth-order valence-electron chi connectivity index (χ4n) is 3.36. The van der Waals surface area contributed by atoms with Crippen molar-refractivity contribution >= 4 is 5.78 Å². The molecular weight excluding hydrogens is 306 g/mol. The van der Waals surface area contributed by atoms with E-state index in [1.165, 1.54) is 103 Å². The van der Waals surface area contributed by atoms with E-state index in [4.69, 9.17) is 0 Å². The molecule has 0 aliphatic heterocycles. The summed E-state index contributed by atoms with van der Waals surface area (Å²) in [6.07, 6.45) is 21.8. The lowest BCUT2D eigenvalue weighted by Crippen LogP contribution is -2.41. The largest absolute Gasteiger partial charge is 0.328 e. The average Bonchev–Trinajstić information content (AvgIpc) is 2.60. The standard InChI is InChI=1S/C23H46NO/c1-5-7-8-9-10-11-12-13-14-15-16-17-18-19-21-24(3,4)22-20-23(25)6-2/h6H,2,5,7-22H2,1,3-4H3/q+1. The number of nitrogens with zero attached hydrogens (tertiary/aromatic N) is 1. The van der Waals surface area contributed by atoms with Gasteiger partial charge in [0.2, 0.25) is 0 Å². The third-order valence-corrected chi connectivity index (χ3v) is 5.31. The number of allylic oxidation sites excluding steroid dienone is 1. The first-order chi connectivity index (χ1) is 12.0. The van der Waals surface area contributed by atoms with Crippen LogP contribution in [0.4, 0.5) is 0 Å². The van der Waals surface area contributed by atoms with Crippen LogP contribution in [0.1, 0.15) is 103 Å².